The number of primary amides is 1. The topological polar surface area (TPSA) is 101 Å². The number of nitrogens with two attached hydrogens (primary N) is 2. The second-order valence-electron chi connectivity index (χ2n) is 5.22. The molecule has 1 rings (SSSR count). The van der Waals surface area contributed by atoms with E-state index in [1.165, 1.54) is 6.42 Å². The van der Waals surface area contributed by atoms with Crippen LogP contribution in [0.1, 0.15) is 39.0 Å². The lowest BCUT2D eigenvalue weighted by Crippen LogP contribution is -2.49. The monoisotopic (exact) mass is 243 g/mol. The molecule has 0 aromatic carbocycles. The highest BCUT2D eigenvalue weighted by Gasteiger charge is 2.32. The molecule has 17 heavy (non-hydrogen) atoms. The highest BCUT2D eigenvalue weighted by Crippen LogP contribution is 2.33. The van der Waals surface area contributed by atoms with Crippen LogP contribution in [-0.4, -0.2) is 35.7 Å². The van der Waals surface area contributed by atoms with E-state index in [1.807, 2.05) is 0 Å². The van der Waals surface area contributed by atoms with Gasteiger partial charge < -0.3 is 21.9 Å². The zero-order valence-electron chi connectivity index (χ0n) is 10.6. The summed E-state index contributed by atoms with van der Waals surface area (Å²) in [6.07, 6.45) is 5.00. The van der Waals surface area contributed by atoms with Crippen LogP contribution in [0, 0.1) is 5.92 Å². The number of nitrogens with one attached hydrogen (secondary N) is 1. The van der Waals surface area contributed by atoms with Gasteiger partial charge in [0.1, 0.15) is 0 Å². The smallest absolute Gasteiger partial charge is 0.235 e. The molecule has 1 aliphatic carbocycles. The molecular weight excluding hydrogens is 218 g/mol. The van der Waals surface area contributed by atoms with Crippen molar-refractivity contribution in [1.82, 2.24) is 5.32 Å². The lowest BCUT2D eigenvalue weighted by atomic mass is 9.78. The lowest BCUT2D eigenvalue weighted by molar-refractivity contribution is -0.119. The summed E-state index contributed by atoms with van der Waals surface area (Å²) >= 11 is 0. The molecule has 100 valence electrons. The molecule has 1 fully saturated rings. The standard InChI is InChI=1S/C12H25N3O2/c1-2-9-3-5-12(17,6-4-9)8-15-7-10(13)11(14)16/h9-10,15,17H,2-8,13H2,1H3,(H2,14,16). The number of hydrogen-bond acceptors (Lipinski definition) is 4. The zero-order chi connectivity index (χ0) is 12.9. The van der Waals surface area contributed by atoms with Crippen LogP contribution < -0.4 is 16.8 Å². The molecule has 6 N–H and O–H groups in total. The van der Waals surface area contributed by atoms with E-state index in [1.54, 1.807) is 0 Å². The zero-order valence-corrected chi connectivity index (χ0v) is 10.6. The Hall–Kier alpha value is -0.650. The Kier molecular flexibility index (Phi) is 5.36. The first-order chi connectivity index (χ1) is 7.97. The summed E-state index contributed by atoms with van der Waals surface area (Å²) in [4.78, 5) is 10.7. The average Bonchev–Trinajstić information content (AvgIpc) is 2.29. The Balaban J connectivity index is 2.25. The number of carbonyl (C=O) groups is 1. The van der Waals surface area contributed by atoms with Gasteiger partial charge >= 0.3 is 0 Å². The summed E-state index contributed by atoms with van der Waals surface area (Å²) in [5, 5.41) is 13.4. The summed E-state index contributed by atoms with van der Waals surface area (Å²) in [5.74, 6) is 0.238. The minimum atomic E-state index is -0.675. The summed E-state index contributed by atoms with van der Waals surface area (Å²) in [6.45, 7) is 3.01. The molecule has 1 unspecified atom stereocenters. The van der Waals surface area contributed by atoms with Crippen molar-refractivity contribution in [3.05, 3.63) is 0 Å². The van der Waals surface area contributed by atoms with E-state index in [0.29, 0.717) is 13.1 Å². The molecule has 1 saturated carbocycles. The molecule has 0 aromatic heterocycles. The maximum absolute atomic E-state index is 10.7. The first-order valence-corrected chi connectivity index (χ1v) is 6.45. The van der Waals surface area contributed by atoms with Gasteiger partial charge in [0.05, 0.1) is 11.6 Å². The number of hydrogen-bond donors (Lipinski definition) is 4. The van der Waals surface area contributed by atoms with E-state index < -0.39 is 17.6 Å². The third-order valence-corrected chi connectivity index (χ3v) is 3.80. The maximum atomic E-state index is 10.7. The highest BCUT2D eigenvalue weighted by molar-refractivity contribution is 5.79. The molecule has 1 amide bonds. The Morgan fingerprint density at radius 3 is 2.59 bits per heavy atom. The van der Waals surface area contributed by atoms with E-state index >= 15 is 0 Å². The largest absolute Gasteiger partial charge is 0.389 e. The molecule has 0 spiro atoms. The molecule has 0 aliphatic heterocycles. The second kappa shape index (κ2) is 6.33. The summed E-state index contributed by atoms with van der Waals surface area (Å²) < 4.78 is 0. The normalized spacial score (nSPS) is 31.1. The molecule has 1 atom stereocenters. The predicted molar refractivity (Wildman–Crippen MR) is 67.2 cm³/mol. The van der Waals surface area contributed by atoms with Crippen molar-refractivity contribution in [2.75, 3.05) is 13.1 Å². The molecule has 0 bridgehead atoms. The fraction of sp³-hybridized carbons (Fsp3) is 0.917. The minimum Gasteiger partial charge on any atom is -0.389 e. The Morgan fingerprint density at radius 1 is 1.53 bits per heavy atom. The van der Waals surface area contributed by atoms with Crippen LogP contribution in [0.3, 0.4) is 0 Å². The fourth-order valence-corrected chi connectivity index (χ4v) is 2.36. The third kappa shape index (κ3) is 4.61. The van der Waals surface area contributed by atoms with Gasteiger partial charge in [0.2, 0.25) is 5.91 Å². The first kappa shape index (κ1) is 14.4. The first-order valence-electron chi connectivity index (χ1n) is 6.45. The van der Waals surface area contributed by atoms with Gasteiger partial charge in [-0.15, -0.1) is 0 Å². The summed E-state index contributed by atoms with van der Waals surface area (Å²) in [6, 6.07) is -0.675. The van der Waals surface area contributed by atoms with Gasteiger partial charge in [-0.25, -0.2) is 0 Å². The molecule has 5 heteroatoms. The number of rotatable bonds is 6. The quantitative estimate of drug-likeness (QED) is 0.515. The van der Waals surface area contributed by atoms with E-state index in [9.17, 15) is 9.90 Å². The van der Waals surface area contributed by atoms with E-state index in [4.69, 9.17) is 11.5 Å². The van der Waals surface area contributed by atoms with Gasteiger partial charge in [-0.05, 0) is 31.6 Å². The van der Waals surface area contributed by atoms with E-state index in [0.717, 1.165) is 31.6 Å². The van der Waals surface area contributed by atoms with Gasteiger partial charge in [0, 0.05) is 13.1 Å². The van der Waals surface area contributed by atoms with Crippen molar-refractivity contribution >= 4 is 5.91 Å². The fourth-order valence-electron chi connectivity index (χ4n) is 2.36. The van der Waals surface area contributed by atoms with Crippen LogP contribution in [0.15, 0.2) is 0 Å². The van der Waals surface area contributed by atoms with Gasteiger partial charge in [-0.1, -0.05) is 13.3 Å². The van der Waals surface area contributed by atoms with Crippen LogP contribution in [0.2, 0.25) is 0 Å². The van der Waals surface area contributed by atoms with Crippen LogP contribution in [0.5, 0.6) is 0 Å². The molecule has 0 radical (unpaired) electrons. The van der Waals surface area contributed by atoms with E-state index in [2.05, 4.69) is 12.2 Å². The average molecular weight is 243 g/mol. The van der Waals surface area contributed by atoms with Crippen LogP contribution in [-0.2, 0) is 4.79 Å². The number of carbonyl (C=O) groups excluding carboxylic acids is 1. The van der Waals surface area contributed by atoms with Crippen LogP contribution >= 0.6 is 0 Å². The Labute approximate surface area is 103 Å². The molecule has 0 aromatic rings. The van der Waals surface area contributed by atoms with Crippen LogP contribution in [0.4, 0.5) is 0 Å². The predicted octanol–water partition coefficient (Wildman–Crippen LogP) is -0.280. The van der Waals surface area contributed by atoms with Gasteiger partial charge in [0.25, 0.3) is 0 Å². The molecule has 0 saturated heterocycles. The Morgan fingerprint density at radius 2 is 2.12 bits per heavy atom. The lowest BCUT2D eigenvalue weighted by Gasteiger charge is -2.36. The van der Waals surface area contributed by atoms with Gasteiger partial charge in [0.15, 0.2) is 0 Å². The second-order valence-corrected chi connectivity index (χ2v) is 5.22. The van der Waals surface area contributed by atoms with Crippen molar-refractivity contribution in [3.63, 3.8) is 0 Å². The minimum absolute atomic E-state index is 0.328. The van der Waals surface area contributed by atoms with Crippen molar-refractivity contribution in [2.24, 2.45) is 17.4 Å². The molecule has 5 nitrogen and oxygen atoms in total. The van der Waals surface area contributed by atoms with Crippen LogP contribution in [0.25, 0.3) is 0 Å². The van der Waals surface area contributed by atoms with E-state index in [-0.39, 0.29) is 0 Å². The van der Waals surface area contributed by atoms with Crippen molar-refractivity contribution < 1.29 is 9.90 Å². The number of amides is 1. The van der Waals surface area contributed by atoms with Crippen molar-refractivity contribution in [2.45, 2.75) is 50.7 Å². The van der Waals surface area contributed by atoms with Crippen molar-refractivity contribution in [1.29, 1.82) is 0 Å². The SMILES string of the molecule is CCC1CCC(O)(CNCC(N)C(N)=O)CC1. The van der Waals surface area contributed by atoms with Crippen molar-refractivity contribution in [3.8, 4) is 0 Å². The summed E-state index contributed by atoms with van der Waals surface area (Å²) in [5.41, 5.74) is 9.92. The molecule has 0 heterocycles. The van der Waals surface area contributed by atoms with Gasteiger partial charge in [-0.3, -0.25) is 4.79 Å². The molecule has 1 aliphatic rings. The highest BCUT2D eigenvalue weighted by atomic mass is 16.3. The van der Waals surface area contributed by atoms with Gasteiger partial charge in [-0.2, -0.15) is 0 Å². The maximum Gasteiger partial charge on any atom is 0.235 e. The Bertz CT molecular complexity index is 250. The number of aliphatic hydroxyl groups is 1. The summed E-state index contributed by atoms with van der Waals surface area (Å²) in [7, 11) is 0. The molecular formula is C12H25N3O2. The third-order valence-electron chi connectivity index (χ3n) is 3.80.